The fourth-order valence-corrected chi connectivity index (χ4v) is 3.57. The third-order valence-electron chi connectivity index (χ3n) is 5.05. The van der Waals surface area contributed by atoms with Crippen LogP contribution < -0.4 is 14.8 Å². The maximum atomic E-state index is 12.5. The second kappa shape index (κ2) is 8.13. The van der Waals surface area contributed by atoms with E-state index in [1.807, 2.05) is 24.3 Å². The fraction of sp³-hybridized carbons (Fsp3) is 0.318. The minimum atomic E-state index is -0.465. The van der Waals surface area contributed by atoms with Gasteiger partial charge in [0.05, 0.1) is 18.6 Å². The van der Waals surface area contributed by atoms with Crippen LogP contribution in [-0.4, -0.2) is 19.0 Å². The molecule has 0 aromatic heterocycles. The van der Waals surface area contributed by atoms with Crippen LogP contribution in [0, 0.1) is 11.3 Å². The highest BCUT2D eigenvalue weighted by atomic mass is 16.6. The number of nitrogens with one attached hydrogen (secondary N) is 1. The second-order valence-electron chi connectivity index (χ2n) is 6.89. The van der Waals surface area contributed by atoms with Crippen LogP contribution in [0.2, 0.25) is 0 Å². The molecule has 2 aromatic rings. The standard InChI is InChI=1S/C22H22N2O4/c1-15(25)28-19-10-5-16(13-20(19)27-2)21(26)24-18-8-6-17(7-9-18)22(14-23)11-3-4-12-22/h5-10,13H,3-4,11-12H2,1-2H3,(H,24,26). The Kier molecular flexibility index (Phi) is 5.65. The number of rotatable bonds is 5. The predicted octanol–water partition coefficient (Wildman–Crippen LogP) is 4.21. The Morgan fingerprint density at radius 1 is 1.07 bits per heavy atom. The first-order valence-corrected chi connectivity index (χ1v) is 9.17. The van der Waals surface area contributed by atoms with Gasteiger partial charge in [0.2, 0.25) is 0 Å². The summed E-state index contributed by atoms with van der Waals surface area (Å²) in [6.07, 6.45) is 3.89. The Morgan fingerprint density at radius 3 is 2.32 bits per heavy atom. The Morgan fingerprint density at radius 2 is 1.75 bits per heavy atom. The average molecular weight is 378 g/mol. The first kappa shape index (κ1) is 19.4. The zero-order chi connectivity index (χ0) is 20.1. The number of ether oxygens (including phenoxy) is 2. The minimum absolute atomic E-state index is 0.259. The van der Waals surface area contributed by atoms with Crippen molar-refractivity contribution in [2.75, 3.05) is 12.4 Å². The maximum absolute atomic E-state index is 12.5. The predicted molar refractivity (Wildman–Crippen MR) is 104 cm³/mol. The van der Waals surface area contributed by atoms with Gasteiger partial charge in [-0.25, -0.2) is 0 Å². The van der Waals surface area contributed by atoms with Crippen molar-refractivity contribution in [2.45, 2.75) is 38.0 Å². The molecule has 6 nitrogen and oxygen atoms in total. The van der Waals surface area contributed by atoms with Crippen molar-refractivity contribution in [1.29, 1.82) is 5.26 Å². The molecular weight excluding hydrogens is 356 g/mol. The molecule has 3 rings (SSSR count). The number of methoxy groups -OCH3 is 1. The molecule has 1 amide bonds. The number of nitriles is 1. The smallest absolute Gasteiger partial charge is 0.308 e. The topological polar surface area (TPSA) is 88.4 Å². The summed E-state index contributed by atoms with van der Waals surface area (Å²) in [5.74, 6) is -0.214. The van der Waals surface area contributed by atoms with Gasteiger partial charge in [-0.2, -0.15) is 5.26 Å². The van der Waals surface area contributed by atoms with Crippen LogP contribution in [0.5, 0.6) is 11.5 Å². The van der Waals surface area contributed by atoms with Crippen LogP contribution >= 0.6 is 0 Å². The SMILES string of the molecule is COc1cc(C(=O)Nc2ccc(C3(C#N)CCCC3)cc2)ccc1OC(C)=O. The van der Waals surface area contributed by atoms with Gasteiger partial charge in [-0.15, -0.1) is 0 Å². The Balaban J connectivity index is 1.74. The summed E-state index contributed by atoms with van der Waals surface area (Å²) in [5, 5.41) is 12.4. The third-order valence-corrected chi connectivity index (χ3v) is 5.05. The molecule has 0 spiro atoms. The van der Waals surface area contributed by atoms with Crippen molar-refractivity contribution < 1.29 is 19.1 Å². The Labute approximate surface area is 164 Å². The lowest BCUT2D eigenvalue weighted by Crippen LogP contribution is -2.19. The van der Waals surface area contributed by atoms with Gasteiger partial charge in [0, 0.05) is 18.2 Å². The van der Waals surface area contributed by atoms with Gasteiger partial charge in [-0.3, -0.25) is 9.59 Å². The normalized spacial score (nSPS) is 14.8. The zero-order valence-corrected chi connectivity index (χ0v) is 16.0. The van der Waals surface area contributed by atoms with E-state index in [1.54, 1.807) is 6.07 Å². The molecule has 0 bridgehead atoms. The molecule has 2 aromatic carbocycles. The number of benzene rings is 2. The van der Waals surface area contributed by atoms with Crippen LogP contribution in [0.15, 0.2) is 42.5 Å². The number of carbonyl (C=O) groups is 2. The maximum Gasteiger partial charge on any atom is 0.308 e. The van der Waals surface area contributed by atoms with Crippen molar-refractivity contribution in [3.05, 3.63) is 53.6 Å². The summed E-state index contributed by atoms with van der Waals surface area (Å²) in [5.41, 5.74) is 1.62. The summed E-state index contributed by atoms with van der Waals surface area (Å²) >= 11 is 0. The number of hydrogen-bond acceptors (Lipinski definition) is 5. The molecule has 1 saturated carbocycles. The number of nitrogens with zero attached hydrogens (tertiary/aromatic N) is 1. The second-order valence-corrected chi connectivity index (χ2v) is 6.89. The summed E-state index contributed by atoms with van der Waals surface area (Å²) < 4.78 is 10.2. The summed E-state index contributed by atoms with van der Waals surface area (Å²) in [4.78, 5) is 23.7. The lowest BCUT2D eigenvalue weighted by Gasteiger charge is -2.21. The van der Waals surface area contributed by atoms with Crippen molar-refractivity contribution in [3.63, 3.8) is 0 Å². The summed E-state index contributed by atoms with van der Waals surface area (Å²) in [7, 11) is 1.44. The van der Waals surface area contributed by atoms with E-state index in [0.29, 0.717) is 17.0 Å². The number of carbonyl (C=O) groups excluding carboxylic acids is 2. The van der Waals surface area contributed by atoms with E-state index in [2.05, 4.69) is 11.4 Å². The van der Waals surface area contributed by atoms with Crippen LogP contribution in [0.25, 0.3) is 0 Å². The zero-order valence-electron chi connectivity index (χ0n) is 16.0. The highest BCUT2D eigenvalue weighted by Crippen LogP contribution is 2.40. The van der Waals surface area contributed by atoms with Crippen molar-refractivity contribution in [3.8, 4) is 17.6 Å². The molecule has 0 aliphatic heterocycles. The molecule has 1 aliphatic carbocycles. The molecule has 0 heterocycles. The number of anilines is 1. The molecule has 0 saturated heterocycles. The molecule has 1 N–H and O–H groups in total. The van der Waals surface area contributed by atoms with Crippen LogP contribution in [0.1, 0.15) is 48.5 Å². The van der Waals surface area contributed by atoms with Gasteiger partial charge in [0.1, 0.15) is 0 Å². The van der Waals surface area contributed by atoms with Crippen LogP contribution in [0.4, 0.5) is 5.69 Å². The van der Waals surface area contributed by atoms with Crippen LogP contribution in [0.3, 0.4) is 0 Å². The van der Waals surface area contributed by atoms with Crippen molar-refractivity contribution >= 4 is 17.6 Å². The fourth-order valence-electron chi connectivity index (χ4n) is 3.57. The minimum Gasteiger partial charge on any atom is -0.493 e. The molecule has 1 fully saturated rings. The Bertz CT molecular complexity index is 923. The van der Waals surface area contributed by atoms with E-state index >= 15 is 0 Å². The highest BCUT2D eigenvalue weighted by molar-refractivity contribution is 6.04. The van der Waals surface area contributed by atoms with E-state index in [-0.39, 0.29) is 11.7 Å². The highest BCUT2D eigenvalue weighted by Gasteiger charge is 2.35. The van der Waals surface area contributed by atoms with Gasteiger partial charge in [0.15, 0.2) is 11.5 Å². The molecule has 0 radical (unpaired) electrons. The third kappa shape index (κ3) is 3.99. The number of esters is 1. The molecular formula is C22H22N2O4. The van der Waals surface area contributed by atoms with Gasteiger partial charge < -0.3 is 14.8 Å². The van der Waals surface area contributed by atoms with Gasteiger partial charge in [0.25, 0.3) is 5.91 Å². The van der Waals surface area contributed by atoms with Crippen molar-refractivity contribution in [1.82, 2.24) is 0 Å². The number of hydrogen-bond donors (Lipinski definition) is 1. The lowest BCUT2D eigenvalue weighted by atomic mass is 9.80. The van der Waals surface area contributed by atoms with E-state index in [4.69, 9.17) is 9.47 Å². The molecule has 0 unspecified atom stereocenters. The number of amides is 1. The van der Waals surface area contributed by atoms with E-state index in [0.717, 1.165) is 31.2 Å². The van der Waals surface area contributed by atoms with E-state index in [1.165, 1.54) is 26.2 Å². The van der Waals surface area contributed by atoms with Crippen molar-refractivity contribution in [2.24, 2.45) is 0 Å². The van der Waals surface area contributed by atoms with E-state index in [9.17, 15) is 14.9 Å². The largest absolute Gasteiger partial charge is 0.493 e. The molecule has 0 atom stereocenters. The quantitative estimate of drug-likeness (QED) is 0.622. The molecule has 28 heavy (non-hydrogen) atoms. The first-order chi connectivity index (χ1) is 13.5. The molecule has 1 aliphatic rings. The summed E-state index contributed by atoms with van der Waals surface area (Å²) in [6, 6.07) is 14.5. The van der Waals surface area contributed by atoms with Gasteiger partial charge in [-0.05, 0) is 48.7 Å². The molecule has 144 valence electrons. The van der Waals surface area contributed by atoms with E-state index < -0.39 is 11.4 Å². The first-order valence-electron chi connectivity index (χ1n) is 9.17. The monoisotopic (exact) mass is 378 g/mol. The Hall–Kier alpha value is -3.33. The lowest BCUT2D eigenvalue weighted by molar-refractivity contribution is -0.132. The van der Waals surface area contributed by atoms with Gasteiger partial charge >= 0.3 is 5.97 Å². The molecule has 6 heteroatoms. The van der Waals surface area contributed by atoms with Crippen LogP contribution in [-0.2, 0) is 10.2 Å². The average Bonchev–Trinajstić information content (AvgIpc) is 3.18. The van der Waals surface area contributed by atoms with Gasteiger partial charge in [-0.1, -0.05) is 25.0 Å². The summed E-state index contributed by atoms with van der Waals surface area (Å²) in [6.45, 7) is 1.30.